The number of fused-ring (bicyclic) bond motifs is 3. The van der Waals surface area contributed by atoms with E-state index in [2.05, 4.69) is 16.8 Å². The molecule has 1 aliphatic heterocycles. The molecule has 0 spiro atoms. The average molecular weight is 235 g/mol. The number of anilines is 1. The van der Waals surface area contributed by atoms with Crippen molar-refractivity contribution in [2.45, 2.75) is 51.0 Å². The van der Waals surface area contributed by atoms with Gasteiger partial charge in [-0.15, -0.1) is 0 Å². The summed E-state index contributed by atoms with van der Waals surface area (Å²) in [5.74, 6) is 1.61. The van der Waals surface area contributed by atoms with Gasteiger partial charge in [-0.05, 0) is 45.2 Å². The zero-order chi connectivity index (χ0) is 11.8. The van der Waals surface area contributed by atoms with Crippen LogP contribution in [0.5, 0.6) is 0 Å². The third-order valence-corrected chi connectivity index (χ3v) is 4.16. The van der Waals surface area contributed by atoms with Crippen molar-refractivity contribution in [1.29, 1.82) is 0 Å². The van der Waals surface area contributed by atoms with E-state index in [1.165, 1.54) is 38.8 Å². The third-order valence-electron chi connectivity index (χ3n) is 4.16. The molecule has 0 aromatic carbocycles. The lowest BCUT2D eigenvalue weighted by atomic mass is 9.79. The van der Waals surface area contributed by atoms with Crippen LogP contribution >= 0.6 is 0 Å². The Labute approximate surface area is 102 Å². The van der Waals surface area contributed by atoms with Crippen LogP contribution in [0.15, 0.2) is 4.42 Å². The van der Waals surface area contributed by atoms with Crippen molar-refractivity contribution in [1.82, 2.24) is 9.88 Å². The van der Waals surface area contributed by atoms with Crippen LogP contribution in [0.4, 0.5) is 6.01 Å². The number of nitrogen functional groups attached to an aromatic ring is 1. The highest BCUT2D eigenvalue weighted by molar-refractivity contribution is 5.27. The molecule has 0 amide bonds. The fourth-order valence-electron chi connectivity index (χ4n) is 3.52. The van der Waals surface area contributed by atoms with Crippen molar-refractivity contribution in [2.75, 3.05) is 18.8 Å². The average Bonchev–Trinajstić information content (AvgIpc) is 2.70. The van der Waals surface area contributed by atoms with Crippen molar-refractivity contribution in [3.8, 4) is 0 Å². The summed E-state index contributed by atoms with van der Waals surface area (Å²) in [5, 5.41) is 0. The van der Waals surface area contributed by atoms with Gasteiger partial charge in [0.05, 0.1) is 5.69 Å². The summed E-state index contributed by atoms with van der Waals surface area (Å²) in [6.07, 6.45) is 5.96. The Hall–Kier alpha value is -1.03. The summed E-state index contributed by atoms with van der Waals surface area (Å²) in [4.78, 5) is 6.94. The Morgan fingerprint density at radius 2 is 2.35 bits per heavy atom. The van der Waals surface area contributed by atoms with E-state index in [0.29, 0.717) is 18.0 Å². The molecule has 2 atom stereocenters. The summed E-state index contributed by atoms with van der Waals surface area (Å²) in [6.45, 7) is 4.71. The van der Waals surface area contributed by atoms with Crippen LogP contribution in [0, 0.1) is 0 Å². The molecule has 2 heterocycles. The smallest absolute Gasteiger partial charge is 0.292 e. The molecule has 4 heteroatoms. The quantitative estimate of drug-likeness (QED) is 0.853. The molecule has 3 rings (SSSR count). The number of aryl methyl sites for hydroxylation is 1. The van der Waals surface area contributed by atoms with Crippen LogP contribution in [0.3, 0.4) is 0 Å². The predicted molar refractivity (Wildman–Crippen MR) is 66.9 cm³/mol. The Bertz CT molecular complexity index is 399. The number of hydrogen-bond acceptors (Lipinski definition) is 4. The Morgan fingerprint density at radius 1 is 1.47 bits per heavy atom. The van der Waals surface area contributed by atoms with Gasteiger partial charge < -0.3 is 10.2 Å². The Balaban J connectivity index is 1.87. The molecule has 2 N–H and O–H groups in total. The standard InChI is InChI=1S/C13H21N3O/c1-2-7-16-8-3-4-9-11(16)6-5-10-12(9)17-13(14)15-10/h9,11H,2-8H2,1H3,(H2,14,15)/t9-,11+/m1/s1. The van der Waals surface area contributed by atoms with Crippen LogP contribution in [-0.4, -0.2) is 29.0 Å². The summed E-state index contributed by atoms with van der Waals surface area (Å²) >= 11 is 0. The molecule has 94 valence electrons. The number of hydrogen-bond donors (Lipinski definition) is 1. The number of nitrogens with zero attached hydrogens (tertiary/aromatic N) is 2. The lowest BCUT2D eigenvalue weighted by Gasteiger charge is -2.42. The Kier molecular flexibility index (Phi) is 2.82. The van der Waals surface area contributed by atoms with Crippen molar-refractivity contribution in [2.24, 2.45) is 0 Å². The lowest BCUT2D eigenvalue weighted by Crippen LogP contribution is -2.46. The van der Waals surface area contributed by atoms with Gasteiger partial charge in [-0.25, -0.2) is 0 Å². The molecule has 1 fully saturated rings. The maximum absolute atomic E-state index is 5.68. The fraction of sp³-hybridized carbons (Fsp3) is 0.769. The van der Waals surface area contributed by atoms with Gasteiger partial charge in [0.2, 0.25) is 0 Å². The topological polar surface area (TPSA) is 55.3 Å². The van der Waals surface area contributed by atoms with E-state index in [4.69, 9.17) is 10.2 Å². The zero-order valence-electron chi connectivity index (χ0n) is 10.5. The first kappa shape index (κ1) is 11.1. The molecule has 4 nitrogen and oxygen atoms in total. The van der Waals surface area contributed by atoms with Crippen LogP contribution in [-0.2, 0) is 6.42 Å². The molecule has 0 bridgehead atoms. The minimum Gasteiger partial charge on any atom is -0.428 e. The molecule has 0 radical (unpaired) electrons. The molecule has 0 saturated carbocycles. The molecule has 1 saturated heterocycles. The predicted octanol–water partition coefficient (Wildman–Crippen LogP) is 2.16. The highest BCUT2D eigenvalue weighted by Gasteiger charge is 2.39. The van der Waals surface area contributed by atoms with Crippen molar-refractivity contribution >= 4 is 6.01 Å². The molecule has 1 aromatic heterocycles. The van der Waals surface area contributed by atoms with E-state index < -0.39 is 0 Å². The highest BCUT2D eigenvalue weighted by atomic mass is 16.4. The summed E-state index contributed by atoms with van der Waals surface area (Å²) in [7, 11) is 0. The van der Waals surface area contributed by atoms with E-state index in [0.717, 1.165) is 17.9 Å². The van der Waals surface area contributed by atoms with Crippen LogP contribution in [0.2, 0.25) is 0 Å². The molecule has 2 aliphatic rings. The van der Waals surface area contributed by atoms with Gasteiger partial charge in [-0.2, -0.15) is 4.98 Å². The third kappa shape index (κ3) is 1.84. The SMILES string of the molecule is CCCN1CCC[C@H]2c3oc(N)nc3CC[C@@H]21. The first-order valence-corrected chi connectivity index (χ1v) is 6.78. The minimum absolute atomic E-state index is 0.350. The summed E-state index contributed by atoms with van der Waals surface area (Å²) in [6, 6.07) is 1.01. The zero-order valence-corrected chi connectivity index (χ0v) is 10.5. The molecule has 0 unspecified atom stereocenters. The highest BCUT2D eigenvalue weighted by Crippen LogP contribution is 2.41. The van der Waals surface area contributed by atoms with Gasteiger partial charge in [0.25, 0.3) is 6.01 Å². The molecular formula is C13H21N3O. The minimum atomic E-state index is 0.350. The second-order valence-electron chi connectivity index (χ2n) is 5.25. The van der Waals surface area contributed by atoms with E-state index >= 15 is 0 Å². The van der Waals surface area contributed by atoms with Gasteiger partial charge in [0.1, 0.15) is 5.76 Å². The Morgan fingerprint density at radius 3 is 3.18 bits per heavy atom. The number of nitrogens with two attached hydrogens (primary N) is 1. The molecular weight excluding hydrogens is 214 g/mol. The number of piperidine rings is 1. The van der Waals surface area contributed by atoms with Crippen molar-refractivity contribution < 1.29 is 4.42 Å². The van der Waals surface area contributed by atoms with Crippen molar-refractivity contribution in [3.63, 3.8) is 0 Å². The maximum Gasteiger partial charge on any atom is 0.292 e. The summed E-state index contributed by atoms with van der Waals surface area (Å²) < 4.78 is 5.64. The number of aromatic nitrogens is 1. The van der Waals surface area contributed by atoms with E-state index in [1.54, 1.807) is 0 Å². The number of rotatable bonds is 2. The molecule has 17 heavy (non-hydrogen) atoms. The fourth-order valence-corrected chi connectivity index (χ4v) is 3.52. The maximum atomic E-state index is 5.68. The second kappa shape index (κ2) is 4.33. The number of likely N-dealkylation sites (tertiary alicyclic amines) is 1. The van der Waals surface area contributed by atoms with E-state index in [1.807, 2.05) is 0 Å². The van der Waals surface area contributed by atoms with Crippen molar-refractivity contribution in [3.05, 3.63) is 11.5 Å². The summed E-state index contributed by atoms with van der Waals surface area (Å²) in [5.41, 5.74) is 6.80. The first-order chi connectivity index (χ1) is 8.29. The van der Waals surface area contributed by atoms with Gasteiger partial charge in [0, 0.05) is 12.0 Å². The van der Waals surface area contributed by atoms with Crippen LogP contribution in [0.1, 0.15) is 50.0 Å². The molecule has 1 aliphatic carbocycles. The van der Waals surface area contributed by atoms with Gasteiger partial charge in [-0.1, -0.05) is 6.92 Å². The van der Waals surface area contributed by atoms with Gasteiger partial charge >= 0.3 is 0 Å². The van der Waals surface area contributed by atoms with E-state index in [-0.39, 0.29) is 0 Å². The lowest BCUT2D eigenvalue weighted by molar-refractivity contribution is 0.102. The first-order valence-electron chi connectivity index (χ1n) is 6.78. The van der Waals surface area contributed by atoms with Crippen LogP contribution in [0.25, 0.3) is 0 Å². The molecule has 1 aromatic rings. The van der Waals surface area contributed by atoms with Crippen LogP contribution < -0.4 is 5.73 Å². The van der Waals surface area contributed by atoms with E-state index in [9.17, 15) is 0 Å². The second-order valence-corrected chi connectivity index (χ2v) is 5.25. The van der Waals surface area contributed by atoms with Gasteiger partial charge in [-0.3, -0.25) is 4.90 Å². The number of oxazole rings is 1. The van der Waals surface area contributed by atoms with Gasteiger partial charge in [0.15, 0.2) is 0 Å². The monoisotopic (exact) mass is 235 g/mol. The normalized spacial score (nSPS) is 28.8. The largest absolute Gasteiger partial charge is 0.428 e.